The maximum atomic E-state index is 13.9. The fraction of sp³-hybridized carbons (Fsp3) is 0.333. The zero-order chi connectivity index (χ0) is 28.7. The highest BCUT2D eigenvalue weighted by Gasteiger charge is 2.32. The molecular weight excluding hydrogens is 534 g/mol. The summed E-state index contributed by atoms with van der Waals surface area (Å²) in [5.74, 6) is -0.583. The summed E-state index contributed by atoms with van der Waals surface area (Å²) in [4.78, 5) is 28.5. The van der Waals surface area contributed by atoms with Gasteiger partial charge in [0.05, 0.1) is 10.6 Å². The van der Waals surface area contributed by atoms with E-state index in [1.165, 1.54) is 23.1 Å². The van der Waals surface area contributed by atoms with E-state index in [4.69, 9.17) is 11.6 Å². The van der Waals surface area contributed by atoms with Crippen molar-refractivity contribution in [3.8, 4) is 0 Å². The highest BCUT2D eigenvalue weighted by Crippen LogP contribution is 2.28. The number of carbonyl (C=O) groups is 2. The smallest absolute Gasteiger partial charge is 0.264 e. The van der Waals surface area contributed by atoms with Crippen molar-refractivity contribution in [3.63, 3.8) is 0 Å². The molecule has 208 valence electrons. The molecule has 7 nitrogen and oxygen atoms in total. The van der Waals surface area contributed by atoms with Crippen molar-refractivity contribution < 1.29 is 18.0 Å². The Morgan fingerprint density at radius 1 is 0.923 bits per heavy atom. The van der Waals surface area contributed by atoms with E-state index in [0.717, 1.165) is 21.0 Å². The molecule has 0 saturated carbocycles. The van der Waals surface area contributed by atoms with Gasteiger partial charge in [0.2, 0.25) is 11.8 Å². The number of hydrogen-bond acceptors (Lipinski definition) is 4. The van der Waals surface area contributed by atoms with Crippen LogP contribution in [0.1, 0.15) is 37.5 Å². The van der Waals surface area contributed by atoms with Gasteiger partial charge >= 0.3 is 0 Å². The van der Waals surface area contributed by atoms with Gasteiger partial charge in [-0.1, -0.05) is 79.5 Å². The summed E-state index contributed by atoms with van der Waals surface area (Å²) in [6.07, 6.45) is 0. The Hall–Kier alpha value is -3.36. The zero-order valence-electron chi connectivity index (χ0n) is 23.0. The first-order valence-electron chi connectivity index (χ1n) is 12.9. The number of carbonyl (C=O) groups excluding carboxylic acids is 2. The minimum atomic E-state index is -4.13. The van der Waals surface area contributed by atoms with Crippen LogP contribution in [0.3, 0.4) is 0 Å². The molecule has 39 heavy (non-hydrogen) atoms. The first-order chi connectivity index (χ1) is 18.4. The van der Waals surface area contributed by atoms with Gasteiger partial charge in [0, 0.05) is 18.1 Å². The van der Waals surface area contributed by atoms with E-state index in [1.54, 1.807) is 37.3 Å². The minimum Gasteiger partial charge on any atom is -0.354 e. The SMILES string of the molecule is Cc1cccc(CN(C(=O)CN(c2ccc(C)c(Cl)c2)S(=O)(=O)c2ccccc2)C(C)C(=O)NCC(C)C)c1. The van der Waals surface area contributed by atoms with Gasteiger partial charge in [0.15, 0.2) is 0 Å². The normalized spacial score (nSPS) is 12.2. The van der Waals surface area contributed by atoms with Crippen molar-refractivity contribution in [2.75, 3.05) is 17.4 Å². The van der Waals surface area contributed by atoms with Crippen molar-refractivity contribution in [3.05, 3.63) is 94.5 Å². The third-order valence-electron chi connectivity index (χ3n) is 6.34. The molecule has 1 unspecified atom stereocenters. The Bertz CT molecular complexity index is 1410. The van der Waals surface area contributed by atoms with Gasteiger partial charge in [-0.3, -0.25) is 13.9 Å². The van der Waals surface area contributed by atoms with Crippen LogP contribution < -0.4 is 9.62 Å². The highest BCUT2D eigenvalue weighted by molar-refractivity contribution is 7.92. The van der Waals surface area contributed by atoms with Gasteiger partial charge in [0.25, 0.3) is 10.0 Å². The molecule has 0 bridgehead atoms. The molecular formula is C30H36ClN3O4S. The molecule has 0 spiro atoms. The maximum absolute atomic E-state index is 13.9. The number of nitrogens with one attached hydrogen (secondary N) is 1. The zero-order valence-corrected chi connectivity index (χ0v) is 24.6. The molecule has 0 fully saturated rings. The maximum Gasteiger partial charge on any atom is 0.264 e. The molecule has 1 N–H and O–H groups in total. The van der Waals surface area contributed by atoms with Gasteiger partial charge in [-0.25, -0.2) is 8.42 Å². The predicted octanol–water partition coefficient (Wildman–Crippen LogP) is 5.34. The minimum absolute atomic E-state index is 0.0439. The molecule has 0 aliphatic heterocycles. The Morgan fingerprint density at radius 3 is 2.23 bits per heavy atom. The highest BCUT2D eigenvalue weighted by atomic mass is 35.5. The van der Waals surface area contributed by atoms with Crippen molar-refractivity contribution in [2.24, 2.45) is 5.92 Å². The van der Waals surface area contributed by atoms with Crippen LogP contribution in [0.2, 0.25) is 5.02 Å². The van der Waals surface area contributed by atoms with Gasteiger partial charge < -0.3 is 10.2 Å². The van der Waals surface area contributed by atoms with Gasteiger partial charge in [-0.15, -0.1) is 0 Å². The van der Waals surface area contributed by atoms with E-state index in [1.807, 2.05) is 52.0 Å². The van der Waals surface area contributed by atoms with E-state index < -0.39 is 28.5 Å². The average molecular weight is 570 g/mol. The summed E-state index contributed by atoms with van der Waals surface area (Å²) < 4.78 is 28.7. The first-order valence-corrected chi connectivity index (χ1v) is 14.7. The number of halogens is 1. The molecule has 0 aromatic heterocycles. The number of benzene rings is 3. The number of anilines is 1. The van der Waals surface area contributed by atoms with E-state index in [2.05, 4.69) is 5.32 Å². The van der Waals surface area contributed by atoms with Crippen molar-refractivity contribution in [1.82, 2.24) is 10.2 Å². The topological polar surface area (TPSA) is 86.8 Å². The third kappa shape index (κ3) is 7.83. The molecule has 0 radical (unpaired) electrons. The second-order valence-corrected chi connectivity index (χ2v) is 12.4. The number of sulfonamides is 1. The van der Waals surface area contributed by atoms with Crippen LogP contribution in [0, 0.1) is 19.8 Å². The molecule has 0 aliphatic carbocycles. The standard InChI is InChI=1S/C30H36ClN3O4S/c1-21(2)18-32-30(36)24(5)33(19-25-11-9-10-22(3)16-25)29(35)20-34(26-15-14-23(4)28(31)17-26)39(37,38)27-12-7-6-8-13-27/h6-17,21,24H,18-20H2,1-5H3,(H,32,36). The van der Waals surface area contributed by atoms with E-state index in [9.17, 15) is 18.0 Å². The molecule has 3 aromatic carbocycles. The van der Waals surface area contributed by atoms with Crippen LogP contribution in [-0.4, -0.2) is 44.3 Å². The lowest BCUT2D eigenvalue weighted by Crippen LogP contribution is -2.51. The quantitative estimate of drug-likeness (QED) is 0.338. The van der Waals surface area contributed by atoms with Gasteiger partial charge in [-0.05, 0) is 62.1 Å². The average Bonchev–Trinajstić information content (AvgIpc) is 2.90. The monoisotopic (exact) mass is 569 g/mol. The number of nitrogens with zero attached hydrogens (tertiary/aromatic N) is 2. The lowest BCUT2D eigenvalue weighted by Gasteiger charge is -2.32. The number of rotatable bonds is 11. The first kappa shape index (κ1) is 30.2. The Morgan fingerprint density at radius 2 is 1.62 bits per heavy atom. The summed E-state index contributed by atoms with van der Waals surface area (Å²) in [5.41, 5.74) is 2.89. The number of aryl methyl sites for hydroxylation is 2. The van der Waals surface area contributed by atoms with Crippen LogP contribution in [0.4, 0.5) is 5.69 Å². The Labute approximate surface area is 236 Å². The van der Waals surface area contributed by atoms with E-state index in [-0.39, 0.29) is 29.0 Å². The van der Waals surface area contributed by atoms with Crippen molar-refractivity contribution in [2.45, 2.75) is 52.1 Å². The summed E-state index contributed by atoms with van der Waals surface area (Å²) in [6.45, 7) is 9.49. The molecule has 2 amide bonds. The molecule has 9 heteroatoms. The fourth-order valence-electron chi connectivity index (χ4n) is 4.03. The van der Waals surface area contributed by atoms with Crippen molar-refractivity contribution in [1.29, 1.82) is 0 Å². The largest absolute Gasteiger partial charge is 0.354 e. The van der Waals surface area contributed by atoms with Crippen molar-refractivity contribution >= 4 is 39.1 Å². The number of hydrogen-bond donors (Lipinski definition) is 1. The summed E-state index contributed by atoms with van der Waals surface area (Å²) in [6, 6.07) is 19.6. The molecule has 0 heterocycles. The van der Waals surface area contributed by atoms with Crippen LogP contribution in [0.15, 0.2) is 77.7 Å². The Balaban J connectivity index is 2.03. The Kier molecular flexibility index (Phi) is 10.2. The lowest BCUT2D eigenvalue weighted by atomic mass is 10.1. The lowest BCUT2D eigenvalue weighted by molar-refractivity contribution is -0.139. The number of amides is 2. The molecule has 0 aliphatic rings. The molecule has 1 atom stereocenters. The van der Waals surface area contributed by atoms with Gasteiger partial charge in [-0.2, -0.15) is 0 Å². The van der Waals surface area contributed by atoms with Crippen LogP contribution in [0.5, 0.6) is 0 Å². The fourth-order valence-corrected chi connectivity index (χ4v) is 5.63. The third-order valence-corrected chi connectivity index (χ3v) is 8.54. The predicted molar refractivity (Wildman–Crippen MR) is 156 cm³/mol. The van der Waals surface area contributed by atoms with Gasteiger partial charge in [0.1, 0.15) is 12.6 Å². The summed E-state index contributed by atoms with van der Waals surface area (Å²) in [7, 11) is -4.13. The second-order valence-electron chi connectivity index (χ2n) is 10.1. The van der Waals surface area contributed by atoms with Crippen LogP contribution in [0.25, 0.3) is 0 Å². The molecule has 0 saturated heterocycles. The molecule has 3 rings (SSSR count). The van der Waals surface area contributed by atoms with E-state index >= 15 is 0 Å². The van der Waals surface area contributed by atoms with Crippen LogP contribution in [-0.2, 0) is 26.2 Å². The molecule has 3 aromatic rings. The van der Waals surface area contributed by atoms with E-state index in [0.29, 0.717) is 11.6 Å². The van der Waals surface area contributed by atoms with Crippen LogP contribution >= 0.6 is 11.6 Å². The summed E-state index contributed by atoms with van der Waals surface area (Å²) in [5, 5.41) is 3.27. The summed E-state index contributed by atoms with van der Waals surface area (Å²) >= 11 is 6.36. The second kappa shape index (κ2) is 13.1.